The second-order valence-corrected chi connectivity index (χ2v) is 8.89. The van der Waals surface area contributed by atoms with Crippen molar-refractivity contribution in [3.05, 3.63) is 35.3 Å². The van der Waals surface area contributed by atoms with Gasteiger partial charge in [-0.1, -0.05) is 41.7 Å². The molecule has 0 saturated carbocycles. The van der Waals surface area contributed by atoms with Crippen LogP contribution in [-0.2, 0) is 11.3 Å². The highest BCUT2D eigenvalue weighted by Crippen LogP contribution is 2.25. The standard InChI is InChI=1S/C18H24N4OS2/c1-13-5-3-4-10-22(13)11-15-6-8-16(9-7-15)20-17(23)14(2)25-18-21-19-12-24-18/h6-9,12-14H,3-5,10-11H2,1-2H3,(H,20,23)/t13-,14-/m1/s1. The SMILES string of the molecule is C[C@@H]1CCCCN1Cc1ccc(NC(=O)[C@@H](C)Sc2nncs2)cc1. The van der Waals surface area contributed by atoms with E-state index in [0.29, 0.717) is 6.04 Å². The highest BCUT2D eigenvalue weighted by atomic mass is 32.2. The minimum Gasteiger partial charge on any atom is -0.325 e. The number of carbonyl (C=O) groups is 1. The number of nitrogens with zero attached hydrogens (tertiary/aromatic N) is 3. The van der Waals surface area contributed by atoms with Crippen molar-refractivity contribution in [3.63, 3.8) is 0 Å². The molecule has 0 aliphatic carbocycles. The van der Waals surface area contributed by atoms with Gasteiger partial charge < -0.3 is 5.32 Å². The molecule has 1 amide bonds. The number of hydrogen-bond acceptors (Lipinski definition) is 6. The van der Waals surface area contributed by atoms with Crippen LogP contribution < -0.4 is 5.32 Å². The van der Waals surface area contributed by atoms with Crippen molar-refractivity contribution < 1.29 is 4.79 Å². The third-order valence-electron chi connectivity index (χ3n) is 4.53. The molecule has 1 aromatic heterocycles. The molecule has 1 aliphatic rings. The van der Waals surface area contributed by atoms with Crippen LogP contribution in [0.5, 0.6) is 0 Å². The van der Waals surface area contributed by atoms with Crippen LogP contribution in [0, 0.1) is 0 Å². The second kappa shape index (κ2) is 8.78. The minimum absolute atomic E-state index is 0.0161. The largest absolute Gasteiger partial charge is 0.325 e. The Morgan fingerprint density at radius 1 is 1.40 bits per heavy atom. The number of thioether (sulfide) groups is 1. The molecule has 5 nitrogen and oxygen atoms in total. The maximum absolute atomic E-state index is 12.3. The van der Waals surface area contributed by atoms with Gasteiger partial charge in [-0.2, -0.15) is 0 Å². The number of benzene rings is 1. The predicted molar refractivity (Wildman–Crippen MR) is 104 cm³/mol. The Kier molecular flexibility index (Phi) is 6.45. The van der Waals surface area contributed by atoms with Gasteiger partial charge in [0.2, 0.25) is 5.91 Å². The van der Waals surface area contributed by atoms with Gasteiger partial charge in [0.15, 0.2) is 4.34 Å². The molecule has 134 valence electrons. The maximum atomic E-state index is 12.3. The third kappa shape index (κ3) is 5.26. The van der Waals surface area contributed by atoms with Crippen molar-refractivity contribution in [2.24, 2.45) is 0 Å². The minimum atomic E-state index is -0.207. The van der Waals surface area contributed by atoms with E-state index in [2.05, 4.69) is 39.5 Å². The molecule has 3 rings (SSSR count). The summed E-state index contributed by atoms with van der Waals surface area (Å²) in [5, 5.41) is 10.5. The fraction of sp³-hybridized carbons (Fsp3) is 0.500. The average molecular weight is 377 g/mol. The van der Waals surface area contributed by atoms with E-state index < -0.39 is 0 Å². The Hall–Kier alpha value is -1.44. The quantitative estimate of drug-likeness (QED) is 0.771. The molecule has 1 aliphatic heterocycles. The van der Waals surface area contributed by atoms with Crippen LogP contribution in [0.4, 0.5) is 5.69 Å². The zero-order valence-electron chi connectivity index (χ0n) is 14.6. The summed E-state index contributed by atoms with van der Waals surface area (Å²) in [6, 6.07) is 8.86. The zero-order chi connectivity index (χ0) is 17.6. The van der Waals surface area contributed by atoms with E-state index in [1.807, 2.05) is 19.1 Å². The van der Waals surface area contributed by atoms with Gasteiger partial charge in [0, 0.05) is 18.3 Å². The Labute approximate surface area is 157 Å². The number of rotatable bonds is 6. The van der Waals surface area contributed by atoms with E-state index in [4.69, 9.17) is 0 Å². The molecule has 1 aromatic carbocycles. The Bertz CT molecular complexity index is 675. The number of nitrogens with one attached hydrogen (secondary N) is 1. The van der Waals surface area contributed by atoms with Crippen LogP contribution in [0.3, 0.4) is 0 Å². The molecule has 1 N–H and O–H groups in total. The number of likely N-dealkylation sites (tertiary alicyclic amines) is 1. The first-order chi connectivity index (χ1) is 12.1. The van der Waals surface area contributed by atoms with Crippen molar-refractivity contribution in [1.29, 1.82) is 0 Å². The van der Waals surface area contributed by atoms with Crippen molar-refractivity contribution in [2.75, 3.05) is 11.9 Å². The maximum Gasteiger partial charge on any atom is 0.237 e. The molecule has 2 aromatic rings. The number of carbonyl (C=O) groups excluding carboxylic acids is 1. The van der Waals surface area contributed by atoms with Crippen LogP contribution in [0.2, 0.25) is 0 Å². The van der Waals surface area contributed by atoms with Gasteiger partial charge in [0.1, 0.15) is 5.51 Å². The second-order valence-electron chi connectivity index (χ2n) is 6.47. The lowest BCUT2D eigenvalue weighted by atomic mass is 10.0. The van der Waals surface area contributed by atoms with Crippen molar-refractivity contribution >= 4 is 34.7 Å². The normalized spacial score (nSPS) is 19.5. The first-order valence-electron chi connectivity index (χ1n) is 8.68. The summed E-state index contributed by atoms with van der Waals surface area (Å²) in [7, 11) is 0. The van der Waals surface area contributed by atoms with Crippen LogP contribution in [0.25, 0.3) is 0 Å². The monoisotopic (exact) mass is 376 g/mol. The lowest BCUT2D eigenvalue weighted by Gasteiger charge is -2.33. The number of piperidine rings is 1. The Balaban J connectivity index is 1.52. The van der Waals surface area contributed by atoms with Crippen molar-refractivity contribution in [1.82, 2.24) is 15.1 Å². The summed E-state index contributed by atoms with van der Waals surface area (Å²) < 4.78 is 0.814. The molecule has 0 unspecified atom stereocenters. The first kappa shape index (κ1) is 18.4. The van der Waals surface area contributed by atoms with Crippen LogP contribution in [0.1, 0.15) is 38.7 Å². The van der Waals surface area contributed by atoms with Crippen LogP contribution >= 0.6 is 23.1 Å². The van der Waals surface area contributed by atoms with E-state index in [1.54, 1.807) is 5.51 Å². The highest BCUT2D eigenvalue weighted by Gasteiger charge is 2.18. The molecule has 25 heavy (non-hydrogen) atoms. The van der Waals surface area contributed by atoms with E-state index in [1.165, 1.54) is 54.5 Å². The molecular formula is C18H24N4OS2. The first-order valence-corrected chi connectivity index (χ1v) is 10.4. The topological polar surface area (TPSA) is 58.1 Å². The molecule has 0 bridgehead atoms. The summed E-state index contributed by atoms with van der Waals surface area (Å²) in [6.45, 7) is 6.36. The molecule has 7 heteroatoms. The van der Waals surface area contributed by atoms with Gasteiger partial charge in [-0.25, -0.2) is 0 Å². The molecule has 2 heterocycles. The number of amides is 1. The summed E-state index contributed by atoms with van der Waals surface area (Å²) in [5.41, 5.74) is 3.81. The molecule has 2 atom stereocenters. The molecule has 0 spiro atoms. The van der Waals surface area contributed by atoms with E-state index in [-0.39, 0.29) is 11.2 Å². The summed E-state index contributed by atoms with van der Waals surface area (Å²) in [5.74, 6) is -0.0161. The van der Waals surface area contributed by atoms with Crippen molar-refractivity contribution in [2.45, 2.75) is 55.3 Å². The molecule has 1 fully saturated rings. The number of anilines is 1. The smallest absolute Gasteiger partial charge is 0.237 e. The number of aromatic nitrogens is 2. The molecule has 0 radical (unpaired) electrons. The lowest BCUT2D eigenvalue weighted by molar-refractivity contribution is -0.115. The number of hydrogen-bond donors (Lipinski definition) is 1. The third-order valence-corrected chi connectivity index (χ3v) is 6.45. The van der Waals surface area contributed by atoms with Gasteiger partial charge in [-0.15, -0.1) is 10.2 Å². The lowest BCUT2D eigenvalue weighted by Crippen LogP contribution is -2.36. The zero-order valence-corrected chi connectivity index (χ0v) is 16.3. The molecule has 1 saturated heterocycles. The average Bonchev–Trinajstić information content (AvgIpc) is 3.11. The van der Waals surface area contributed by atoms with Gasteiger partial charge in [-0.3, -0.25) is 9.69 Å². The summed E-state index contributed by atoms with van der Waals surface area (Å²) >= 11 is 2.88. The van der Waals surface area contributed by atoms with Gasteiger partial charge in [-0.05, 0) is 50.9 Å². The van der Waals surface area contributed by atoms with Gasteiger partial charge >= 0.3 is 0 Å². The van der Waals surface area contributed by atoms with Crippen LogP contribution in [-0.4, -0.2) is 38.8 Å². The van der Waals surface area contributed by atoms with Gasteiger partial charge in [0.25, 0.3) is 0 Å². The predicted octanol–water partition coefficient (Wildman–Crippen LogP) is 4.03. The summed E-state index contributed by atoms with van der Waals surface area (Å²) in [4.78, 5) is 14.8. The van der Waals surface area contributed by atoms with Crippen molar-refractivity contribution in [3.8, 4) is 0 Å². The van der Waals surface area contributed by atoms with Crippen LogP contribution in [0.15, 0.2) is 34.1 Å². The Morgan fingerprint density at radius 3 is 2.88 bits per heavy atom. The van der Waals surface area contributed by atoms with E-state index >= 15 is 0 Å². The molecular weight excluding hydrogens is 352 g/mol. The fourth-order valence-corrected chi connectivity index (χ4v) is 4.61. The fourth-order valence-electron chi connectivity index (χ4n) is 2.98. The Morgan fingerprint density at radius 2 is 2.20 bits per heavy atom. The summed E-state index contributed by atoms with van der Waals surface area (Å²) in [6.07, 6.45) is 3.93. The van der Waals surface area contributed by atoms with Gasteiger partial charge in [0.05, 0.1) is 5.25 Å². The van der Waals surface area contributed by atoms with E-state index in [9.17, 15) is 4.79 Å². The van der Waals surface area contributed by atoms with E-state index in [0.717, 1.165) is 16.6 Å². The highest BCUT2D eigenvalue weighted by molar-refractivity contribution is 8.02.